The monoisotopic (exact) mass is 400 g/mol. The van der Waals surface area contributed by atoms with Crippen molar-refractivity contribution in [3.63, 3.8) is 0 Å². The lowest BCUT2D eigenvalue weighted by Gasteiger charge is -1.99. The van der Waals surface area contributed by atoms with Gasteiger partial charge in [-0.3, -0.25) is 9.11 Å². The van der Waals surface area contributed by atoms with E-state index in [2.05, 4.69) is 0 Å². The third-order valence-corrected chi connectivity index (χ3v) is 5.10. The smallest absolute Gasteiger partial charge is 0.282 e. The summed E-state index contributed by atoms with van der Waals surface area (Å²) in [5.41, 5.74) is 0. The molecule has 0 saturated heterocycles. The molecular weight excluding hydrogens is 388 g/mol. The van der Waals surface area contributed by atoms with Crippen LogP contribution in [0, 0.1) is 0 Å². The predicted molar refractivity (Wildman–Crippen MR) is 95.0 cm³/mol. The number of fused-ring (bicyclic) bond motifs is 1. The van der Waals surface area contributed by atoms with Gasteiger partial charge in [-0.1, -0.05) is 41.9 Å². The van der Waals surface area contributed by atoms with E-state index in [1.54, 1.807) is 12.1 Å². The molecule has 2 N–H and O–H groups in total. The normalized spacial score (nSPS) is 11.6. The molecule has 6 nitrogen and oxygen atoms in total. The maximum atomic E-state index is 10.8. The summed E-state index contributed by atoms with van der Waals surface area (Å²) >= 11 is 5.49. The van der Waals surface area contributed by atoms with Gasteiger partial charge in [-0.2, -0.15) is 16.8 Å². The third-order valence-electron chi connectivity index (χ3n) is 3.13. The molecule has 0 heterocycles. The molecule has 0 amide bonds. The average Bonchev–Trinajstić information content (AvgIpc) is 2.54. The lowest BCUT2D eigenvalue weighted by molar-refractivity contribution is 0.481. The molecule has 0 bridgehead atoms. The Hall–Kier alpha value is -1.97. The van der Waals surface area contributed by atoms with Gasteiger partial charge in [-0.05, 0) is 47.2 Å². The van der Waals surface area contributed by atoms with Gasteiger partial charge in [-0.15, -0.1) is 0 Å². The van der Waals surface area contributed by atoms with E-state index in [0.29, 0.717) is 5.02 Å². The Bertz CT molecular complexity index is 1090. The minimum atomic E-state index is -4.09. The SMILES string of the molecule is O=S(=O)(O)c1ccc(Cl)cc1.O=S(=O)(O)c1ccc2ccccc2c1. The van der Waals surface area contributed by atoms with Gasteiger partial charge in [0.05, 0.1) is 9.79 Å². The molecule has 0 fully saturated rings. The molecular formula is C16H13ClO6S2. The van der Waals surface area contributed by atoms with Crippen molar-refractivity contribution in [2.24, 2.45) is 0 Å². The van der Waals surface area contributed by atoms with Gasteiger partial charge in [0.15, 0.2) is 0 Å². The van der Waals surface area contributed by atoms with Gasteiger partial charge < -0.3 is 0 Å². The summed E-state index contributed by atoms with van der Waals surface area (Å²) in [5.74, 6) is 0. The van der Waals surface area contributed by atoms with E-state index in [9.17, 15) is 16.8 Å². The minimum Gasteiger partial charge on any atom is -0.282 e. The minimum absolute atomic E-state index is 0.0730. The zero-order valence-corrected chi connectivity index (χ0v) is 15.0. The molecule has 0 saturated carbocycles. The second kappa shape index (κ2) is 7.51. The van der Waals surface area contributed by atoms with Gasteiger partial charge in [0.1, 0.15) is 0 Å². The van der Waals surface area contributed by atoms with Crippen LogP contribution in [0.15, 0.2) is 76.5 Å². The van der Waals surface area contributed by atoms with Crippen LogP contribution in [-0.2, 0) is 20.2 Å². The molecule has 0 aromatic heterocycles. The standard InChI is InChI=1S/C10H8O3S.C6H5ClO3S/c11-14(12,13)10-6-5-8-3-1-2-4-9(8)7-10;7-5-1-3-6(4-2-5)11(8,9)10/h1-7H,(H,11,12,13);1-4H,(H,8,9,10). The molecule has 0 spiro atoms. The molecule has 0 radical (unpaired) electrons. The van der Waals surface area contributed by atoms with Crippen LogP contribution in [0.1, 0.15) is 0 Å². The highest BCUT2D eigenvalue weighted by Gasteiger charge is 2.09. The van der Waals surface area contributed by atoms with Gasteiger partial charge in [0.2, 0.25) is 0 Å². The number of rotatable bonds is 2. The number of hydrogen-bond acceptors (Lipinski definition) is 4. The Kier molecular flexibility index (Phi) is 5.81. The van der Waals surface area contributed by atoms with Crippen molar-refractivity contribution in [1.29, 1.82) is 0 Å². The fourth-order valence-corrected chi connectivity index (χ4v) is 3.06. The first-order valence-electron chi connectivity index (χ1n) is 6.77. The summed E-state index contributed by atoms with van der Waals surface area (Å²) in [6, 6.07) is 17.1. The zero-order chi connectivity index (χ0) is 18.7. The Balaban J connectivity index is 0.000000186. The molecule has 0 aliphatic carbocycles. The molecule has 25 heavy (non-hydrogen) atoms. The van der Waals surface area contributed by atoms with Crippen molar-refractivity contribution in [1.82, 2.24) is 0 Å². The number of halogens is 1. The van der Waals surface area contributed by atoms with E-state index in [0.717, 1.165) is 10.8 Å². The lowest BCUT2D eigenvalue weighted by atomic mass is 10.1. The van der Waals surface area contributed by atoms with E-state index in [1.165, 1.54) is 36.4 Å². The van der Waals surface area contributed by atoms with E-state index in [4.69, 9.17) is 20.7 Å². The first kappa shape index (κ1) is 19.4. The Morgan fingerprint density at radius 2 is 1.12 bits per heavy atom. The van der Waals surface area contributed by atoms with E-state index in [1.807, 2.05) is 18.2 Å². The molecule has 3 aromatic rings. The van der Waals surface area contributed by atoms with Gasteiger partial charge in [0.25, 0.3) is 20.2 Å². The molecule has 9 heteroatoms. The number of hydrogen-bond donors (Lipinski definition) is 2. The second-order valence-corrected chi connectivity index (χ2v) is 8.19. The van der Waals surface area contributed by atoms with Crippen LogP contribution in [0.5, 0.6) is 0 Å². The quantitative estimate of drug-likeness (QED) is 0.635. The lowest BCUT2D eigenvalue weighted by Crippen LogP contribution is -1.97. The van der Waals surface area contributed by atoms with Crippen molar-refractivity contribution >= 4 is 42.6 Å². The maximum Gasteiger partial charge on any atom is 0.294 e. The average molecular weight is 401 g/mol. The van der Waals surface area contributed by atoms with Crippen LogP contribution < -0.4 is 0 Å². The van der Waals surface area contributed by atoms with Crippen LogP contribution in [0.25, 0.3) is 10.8 Å². The highest BCUT2D eigenvalue weighted by atomic mass is 35.5. The van der Waals surface area contributed by atoms with Crippen molar-refractivity contribution in [2.45, 2.75) is 9.79 Å². The summed E-state index contributed by atoms with van der Waals surface area (Å²) in [7, 11) is -8.17. The third kappa shape index (κ3) is 5.52. The van der Waals surface area contributed by atoms with Gasteiger partial charge in [-0.25, -0.2) is 0 Å². The van der Waals surface area contributed by atoms with Gasteiger partial charge in [0, 0.05) is 5.02 Å². The van der Waals surface area contributed by atoms with Gasteiger partial charge >= 0.3 is 0 Å². The van der Waals surface area contributed by atoms with E-state index in [-0.39, 0.29) is 9.79 Å². The molecule has 0 atom stereocenters. The summed E-state index contributed by atoms with van der Waals surface area (Å²) in [6.07, 6.45) is 0. The van der Waals surface area contributed by atoms with Crippen molar-refractivity contribution in [3.8, 4) is 0 Å². The first-order valence-corrected chi connectivity index (χ1v) is 10.0. The first-order chi connectivity index (χ1) is 11.6. The summed E-state index contributed by atoms with van der Waals surface area (Å²) < 4.78 is 59.9. The van der Waals surface area contributed by atoms with Crippen LogP contribution in [0.4, 0.5) is 0 Å². The molecule has 3 rings (SSSR count). The van der Waals surface area contributed by atoms with Crippen LogP contribution in [0.2, 0.25) is 5.02 Å². The Morgan fingerprint density at radius 1 is 0.640 bits per heavy atom. The fourth-order valence-electron chi connectivity index (χ4n) is 1.93. The molecule has 3 aromatic carbocycles. The zero-order valence-electron chi connectivity index (χ0n) is 12.6. The van der Waals surface area contributed by atoms with Crippen LogP contribution in [0.3, 0.4) is 0 Å². The second-order valence-electron chi connectivity index (χ2n) is 4.91. The molecule has 0 aliphatic rings. The van der Waals surface area contributed by atoms with Crippen molar-refractivity contribution < 1.29 is 25.9 Å². The number of benzene rings is 3. The largest absolute Gasteiger partial charge is 0.294 e. The highest BCUT2D eigenvalue weighted by molar-refractivity contribution is 7.86. The van der Waals surface area contributed by atoms with E-state index >= 15 is 0 Å². The summed E-state index contributed by atoms with van der Waals surface area (Å²) in [5, 5.41) is 2.17. The predicted octanol–water partition coefficient (Wildman–Crippen LogP) is 3.67. The molecule has 0 unspecified atom stereocenters. The maximum absolute atomic E-state index is 10.8. The highest BCUT2D eigenvalue weighted by Crippen LogP contribution is 2.18. The van der Waals surface area contributed by atoms with Crippen molar-refractivity contribution in [2.75, 3.05) is 0 Å². The Morgan fingerprint density at radius 3 is 1.64 bits per heavy atom. The fraction of sp³-hybridized carbons (Fsp3) is 0. The van der Waals surface area contributed by atoms with E-state index < -0.39 is 20.2 Å². The van der Waals surface area contributed by atoms with Crippen molar-refractivity contribution in [3.05, 3.63) is 71.8 Å². The summed E-state index contributed by atoms with van der Waals surface area (Å²) in [6.45, 7) is 0. The van der Waals surface area contributed by atoms with Crippen LogP contribution >= 0.6 is 11.6 Å². The topological polar surface area (TPSA) is 109 Å². The Labute approximate surface area is 150 Å². The molecule has 132 valence electrons. The summed E-state index contributed by atoms with van der Waals surface area (Å²) in [4.78, 5) is -0.224. The van der Waals surface area contributed by atoms with Crippen LogP contribution in [-0.4, -0.2) is 25.9 Å². The molecule has 0 aliphatic heterocycles.